The van der Waals surface area contributed by atoms with E-state index in [2.05, 4.69) is 20.3 Å². The highest BCUT2D eigenvalue weighted by atomic mass is 35.5. The van der Waals surface area contributed by atoms with Gasteiger partial charge in [-0.1, -0.05) is 23.7 Å². The van der Waals surface area contributed by atoms with Crippen LogP contribution in [0, 0.1) is 6.92 Å². The lowest BCUT2D eigenvalue weighted by atomic mass is 9.95. The van der Waals surface area contributed by atoms with E-state index in [1.165, 1.54) is 18.3 Å². The predicted octanol–water partition coefficient (Wildman–Crippen LogP) is 5.91. The minimum absolute atomic E-state index is 0.134. The molecule has 0 amide bonds. The molecule has 0 saturated carbocycles. The first-order chi connectivity index (χ1) is 14.7. The molecule has 0 aliphatic heterocycles. The SMILES string of the molecule is Cc1ccnc(N[C@@H](c2ccc(C(F)(F)F)cc2)c2cc(Cl)c3cccnc3c2O)n1. The Labute approximate surface area is 180 Å². The van der Waals surface area contributed by atoms with Crippen LogP contribution < -0.4 is 5.32 Å². The van der Waals surface area contributed by atoms with Crippen molar-refractivity contribution in [1.82, 2.24) is 15.0 Å². The Morgan fingerprint density at radius 2 is 1.77 bits per heavy atom. The lowest BCUT2D eigenvalue weighted by molar-refractivity contribution is -0.137. The number of fused-ring (bicyclic) bond motifs is 1. The Hall–Kier alpha value is -3.39. The smallest absolute Gasteiger partial charge is 0.416 e. The summed E-state index contributed by atoms with van der Waals surface area (Å²) in [6, 6.07) is 10.6. The predicted molar refractivity (Wildman–Crippen MR) is 112 cm³/mol. The van der Waals surface area contributed by atoms with Crippen molar-refractivity contribution < 1.29 is 18.3 Å². The highest BCUT2D eigenvalue weighted by Gasteiger charge is 2.31. The second kappa shape index (κ2) is 8.03. The van der Waals surface area contributed by atoms with Gasteiger partial charge in [0.1, 0.15) is 11.3 Å². The van der Waals surface area contributed by atoms with Gasteiger partial charge in [-0.3, -0.25) is 4.98 Å². The first-order valence-corrected chi connectivity index (χ1v) is 9.61. The van der Waals surface area contributed by atoms with Crippen LogP contribution in [-0.4, -0.2) is 20.1 Å². The Bertz CT molecular complexity index is 1250. The van der Waals surface area contributed by atoms with Crippen LogP contribution in [0.2, 0.25) is 5.02 Å². The largest absolute Gasteiger partial charge is 0.505 e. The highest BCUT2D eigenvalue weighted by molar-refractivity contribution is 6.35. The van der Waals surface area contributed by atoms with Gasteiger partial charge in [-0.2, -0.15) is 13.2 Å². The zero-order valence-corrected chi connectivity index (χ0v) is 16.9. The van der Waals surface area contributed by atoms with Gasteiger partial charge < -0.3 is 10.4 Å². The number of aryl methyl sites for hydroxylation is 1. The number of anilines is 1. The third-order valence-electron chi connectivity index (χ3n) is 4.80. The molecule has 2 heterocycles. The number of nitrogens with zero attached hydrogens (tertiary/aromatic N) is 3. The number of hydrogen-bond acceptors (Lipinski definition) is 5. The molecule has 0 unspecified atom stereocenters. The number of phenolic OH excluding ortho intramolecular Hbond substituents is 1. The summed E-state index contributed by atoms with van der Waals surface area (Å²) < 4.78 is 39.1. The molecule has 5 nitrogen and oxygen atoms in total. The van der Waals surface area contributed by atoms with Crippen LogP contribution in [0.25, 0.3) is 10.9 Å². The fourth-order valence-electron chi connectivity index (χ4n) is 3.28. The van der Waals surface area contributed by atoms with Crippen molar-refractivity contribution in [3.63, 3.8) is 0 Å². The molecule has 0 saturated heterocycles. The summed E-state index contributed by atoms with van der Waals surface area (Å²) in [5.41, 5.74) is 1.00. The van der Waals surface area contributed by atoms with E-state index in [0.29, 0.717) is 27.2 Å². The number of aromatic hydroxyl groups is 1. The molecule has 31 heavy (non-hydrogen) atoms. The fourth-order valence-corrected chi connectivity index (χ4v) is 3.55. The van der Waals surface area contributed by atoms with Gasteiger partial charge in [0.15, 0.2) is 0 Å². The summed E-state index contributed by atoms with van der Waals surface area (Å²) in [6.45, 7) is 1.79. The van der Waals surface area contributed by atoms with E-state index in [1.54, 1.807) is 37.4 Å². The fraction of sp³-hybridized carbons (Fsp3) is 0.136. The van der Waals surface area contributed by atoms with Crippen LogP contribution in [0.1, 0.15) is 28.4 Å². The quantitative estimate of drug-likeness (QED) is 0.409. The van der Waals surface area contributed by atoms with Crippen LogP contribution in [0.3, 0.4) is 0 Å². The summed E-state index contributed by atoms with van der Waals surface area (Å²) >= 11 is 6.42. The normalized spacial score (nSPS) is 12.7. The Morgan fingerprint density at radius 3 is 2.45 bits per heavy atom. The number of halogens is 4. The monoisotopic (exact) mass is 444 g/mol. The summed E-state index contributed by atoms with van der Waals surface area (Å²) in [5.74, 6) is 0.117. The van der Waals surface area contributed by atoms with E-state index in [-0.39, 0.29) is 17.2 Å². The third kappa shape index (κ3) is 4.25. The maximum absolute atomic E-state index is 13.0. The van der Waals surface area contributed by atoms with Crippen molar-refractivity contribution in [2.45, 2.75) is 19.1 Å². The van der Waals surface area contributed by atoms with E-state index in [0.717, 1.165) is 12.1 Å². The summed E-state index contributed by atoms with van der Waals surface area (Å²) in [5, 5.41) is 14.9. The third-order valence-corrected chi connectivity index (χ3v) is 5.11. The second-order valence-corrected chi connectivity index (χ2v) is 7.32. The summed E-state index contributed by atoms with van der Waals surface area (Å²) in [7, 11) is 0. The molecule has 0 bridgehead atoms. The van der Waals surface area contributed by atoms with E-state index < -0.39 is 17.8 Å². The van der Waals surface area contributed by atoms with Crippen LogP contribution in [0.5, 0.6) is 5.75 Å². The number of rotatable bonds is 4. The van der Waals surface area contributed by atoms with Crippen molar-refractivity contribution in [3.05, 3.63) is 88.3 Å². The molecule has 0 fully saturated rings. The van der Waals surface area contributed by atoms with Crippen molar-refractivity contribution in [2.24, 2.45) is 0 Å². The molecule has 0 radical (unpaired) electrons. The van der Waals surface area contributed by atoms with Gasteiger partial charge in [-0.15, -0.1) is 0 Å². The zero-order valence-electron chi connectivity index (χ0n) is 16.2. The number of hydrogen-bond donors (Lipinski definition) is 2. The molecule has 1 atom stereocenters. The Kier molecular flexibility index (Phi) is 5.41. The molecule has 4 rings (SSSR count). The molecule has 4 aromatic rings. The average Bonchev–Trinajstić information content (AvgIpc) is 2.74. The molecule has 2 aromatic heterocycles. The van der Waals surface area contributed by atoms with Gasteiger partial charge in [0.25, 0.3) is 0 Å². The molecule has 9 heteroatoms. The van der Waals surface area contributed by atoms with Gasteiger partial charge >= 0.3 is 6.18 Å². The van der Waals surface area contributed by atoms with Gasteiger partial charge in [-0.25, -0.2) is 9.97 Å². The Morgan fingerprint density at radius 1 is 1.03 bits per heavy atom. The molecule has 2 N–H and O–H groups in total. The van der Waals surface area contributed by atoms with Crippen LogP contribution in [0.15, 0.2) is 60.9 Å². The highest BCUT2D eigenvalue weighted by Crippen LogP contribution is 2.40. The molecule has 0 aliphatic carbocycles. The lowest BCUT2D eigenvalue weighted by Crippen LogP contribution is -2.15. The van der Waals surface area contributed by atoms with E-state index in [9.17, 15) is 18.3 Å². The lowest BCUT2D eigenvalue weighted by Gasteiger charge is -2.22. The van der Waals surface area contributed by atoms with Gasteiger partial charge in [0.05, 0.1) is 16.6 Å². The van der Waals surface area contributed by atoms with Gasteiger partial charge in [0.2, 0.25) is 5.95 Å². The number of nitrogens with one attached hydrogen (secondary N) is 1. The van der Waals surface area contributed by atoms with Gasteiger partial charge in [-0.05, 0) is 48.9 Å². The molecular formula is C22H16ClF3N4O. The van der Waals surface area contributed by atoms with E-state index in [1.807, 2.05) is 0 Å². The first kappa shape index (κ1) is 20.9. The van der Waals surface area contributed by atoms with Crippen LogP contribution in [-0.2, 0) is 6.18 Å². The number of pyridine rings is 1. The van der Waals surface area contributed by atoms with Crippen molar-refractivity contribution in [1.29, 1.82) is 0 Å². The minimum Gasteiger partial charge on any atom is -0.505 e. The van der Waals surface area contributed by atoms with E-state index >= 15 is 0 Å². The molecule has 0 aliphatic rings. The second-order valence-electron chi connectivity index (χ2n) is 6.91. The van der Waals surface area contributed by atoms with Crippen LogP contribution >= 0.6 is 11.6 Å². The number of benzene rings is 2. The minimum atomic E-state index is -4.46. The standard InChI is InChI=1S/C22H16ClF3N4O/c1-12-8-10-28-21(29-12)30-18(13-4-6-14(7-5-13)22(24,25)26)16-11-17(23)15-3-2-9-27-19(15)20(16)31/h2-11,18,31H,1H3,(H,28,29,30)/t18-/m0/s1. The number of aromatic nitrogens is 3. The number of phenols is 1. The number of alkyl halides is 3. The van der Waals surface area contributed by atoms with Crippen molar-refractivity contribution in [2.75, 3.05) is 5.32 Å². The Balaban J connectivity index is 1.87. The molecule has 2 aromatic carbocycles. The average molecular weight is 445 g/mol. The van der Waals surface area contributed by atoms with Crippen molar-refractivity contribution >= 4 is 28.5 Å². The maximum atomic E-state index is 13.0. The van der Waals surface area contributed by atoms with Crippen molar-refractivity contribution in [3.8, 4) is 5.75 Å². The van der Waals surface area contributed by atoms with Crippen LogP contribution in [0.4, 0.5) is 19.1 Å². The maximum Gasteiger partial charge on any atom is 0.416 e. The van der Waals surface area contributed by atoms with E-state index in [4.69, 9.17) is 11.6 Å². The summed E-state index contributed by atoms with van der Waals surface area (Å²) in [6.07, 6.45) is -1.38. The zero-order chi connectivity index (χ0) is 22.2. The molecular weight excluding hydrogens is 429 g/mol. The molecule has 158 valence electrons. The summed E-state index contributed by atoms with van der Waals surface area (Å²) in [4.78, 5) is 12.7. The topological polar surface area (TPSA) is 70.9 Å². The molecule has 0 spiro atoms. The first-order valence-electron chi connectivity index (χ1n) is 9.23. The van der Waals surface area contributed by atoms with Gasteiger partial charge in [0, 0.05) is 29.0 Å².